The smallest absolute Gasteiger partial charge is 0.416 e. The molecule has 1 N–H and O–H groups in total. The third kappa shape index (κ3) is 6.72. The number of aryl methyl sites for hydroxylation is 1. The quantitative estimate of drug-likeness (QED) is 0.353. The number of nitrogens with one attached hydrogen (secondary N) is 1. The molecule has 0 aliphatic carbocycles. The van der Waals surface area contributed by atoms with Crippen LogP contribution in [0, 0.1) is 18.8 Å². The summed E-state index contributed by atoms with van der Waals surface area (Å²) in [5, 5.41) is 0.766. The van der Waals surface area contributed by atoms with Gasteiger partial charge in [0.25, 0.3) is 10.0 Å². The van der Waals surface area contributed by atoms with Gasteiger partial charge in [-0.05, 0) is 57.2 Å². The van der Waals surface area contributed by atoms with Crippen LogP contribution in [0.25, 0.3) is 10.2 Å². The lowest BCUT2D eigenvalue weighted by Crippen LogP contribution is -2.23. The predicted molar refractivity (Wildman–Crippen MR) is 126 cm³/mol. The van der Waals surface area contributed by atoms with E-state index in [4.69, 9.17) is 9.47 Å². The van der Waals surface area contributed by atoms with Crippen LogP contribution in [0.2, 0.25) is 0 Å². The minimum absolute atomic E-state index is 0.0703. The summed E-state index contributed by atoms with van der Waals surface area (Å²) in [6.07, 6.45) is -5.58. The topological polar surface area (TPSA) is 94.6 Å². The second kappa shape index (κ2) is 10.6. The zero-order chi connectivity index (χ0) is 25.8. The summed E-state index contributed by atoms with van der Waals surface area (Å²) in [7, 11) is -4.14. The number of carbonyl (C=O) groups excluding carboxylic acids is 1. The Morgan fingerprint density at radius 3 is 2.66 bits per heavy atom. The average Bonchev–Trinajstić information content (AvgIpc) is 3.15. The highest BCUT2D eigenvalue weighted by atomic mass is 32.2. The molecular formula is C23H21F3N2O5S2. The second-order valence-corrected chi connectivity index (χ2v) is 10.2. The van der Waals surface area contributed by atoms with Gasteiger partial charge in [0.15, 0.2) is 6.10 Å². The molecule has 3 aromatic rings. The summed E-state index contributed by atoms with van der Waals surface area (Å²) in [5.74, 6) is 4.41. The number of thiazole rings is 1. The molecule has 1 heterocycles. The van der Waals surface area contributed by atoms with E-state index in [9.17, 15) is 26.4 Å². The van der Waals surface area contributed by atoms with E-state index in [2.05, 4.69) is 21.5 Å². The van der Waals surface area contributed by atoms with E-state index in [1.54, 1.807) is 19.9 Å². The van der Waals surface area contributed by atoms with E-state index in [0.29, 0.717) is 10.2 Å². The number of fused-ring (bicyclic) bond motifs is 1. The van der Waals surface area contributed by atoms with Crippen molar-refractivity contribution in [2.75, 3.05) is 17.9 Å². The fourth-order valence-electron chi connectivity index (χ4n) is 2.93. The van der Waals surface area contributed by atoms with Gasteiger partial charge in [-0.25, -0.2) is 18.2 Å². The number of hydrogen-bond donors (Lipinski definition) is 1. The van der Waals surface area contributed by atoms with Gasteiger partial charge in [0.05, 0.1) is 38.0 Å². The number of hydrogen-bond acceptors (Lipinski definition) is 7. The first-order valence-electron chi connectivity index (χ1n) is 10.3. The Balaban J connectivity index is 1.89. The molecule has 186 valence electrons. The number of anilines is 1. The third-order valence-corrected chi connectivity index (χ3v) is 6.91. The first kappa shape index (κ1) is 26.5. The number of aromatic nitrogens is 1. The molecule has 0 bridgehead atoms. The van der Waals surface area contributed by atoms with Crippen molar-refractivity contribution >= 4 is 43.2 Å². The fourth-order valence-corrected chi connectivity index (χ4v) is 4.98. The van der Waals surface area contributed by atoms with Gasteiger partial charge in [-0.3, -0.25) is 4.72 Å². The Morgan fingerprint density at radius 2 is 1.97 bits per heavy atom. The number of halogens is 3. The van der Waals surface area contributed by atoms with E-state index < -0.39 is 33.8 Å². The lowest BCUT2D eigenvalue weighted by Gasteiger charge is -2.13. The third-order valence-electron chi connectivity index (χ3n) is 4.62. The molecule has 0 aliphatic rings. The Labute approximate surface area is 204 Å². The number of sulfonamides is 1. The van der Waals surface area contributed by atoms with Crippen LogP contribution in [-0.2, 0) is 30.5 Å². The fraction of sp³-hybridized carbons (Fsp3) is 0.304. The molecule has 0 radical (unpaired) electrons. The molecule has 0 spiro atoms. The maximum atomic E-state index is 13.2. The molecule has 12 heteroatoms. The number of benzene rings is 2. The lowest BCUT2D eigenvalue weighted by atomic mass is 10.1. The van der Waals surface area contributed by atoms with Crippen molar-refractivity contribution in [3.8, 4) is 11.8 Å². The lowest BCUT2D eigenvalue weighted by molar-refractivity contribution is -0.154. The largest absolute Gasteiger partial charge is 0.464 e. The van der Waals surface area contributed by atoms with Gasteiger partial charge in [-0.15, -0.1) is 11.3 Å². The summed E-state index contributed by atoms with van der Waals surface area (Å²) in [5.41, 5.74) is -0.688. The van der Waals surface area contributed by atoms with E-state index in [1.807, 2.05) is 0 Å². The molecule has 3 rings (SSSR count). The van der Waals surface area contributed by atoms with E-state index >= 15 is 0 Å². The molecule has 1 aromatic heterocycles. The van der Waals surface area contributed by atoms with Crippen molar-refractivity contribution in [3.05, 3.63) is 52.5 Å². The van der Waals surface area contributed by atoms with Gasteiger partial charge in [0.1, 0.15) is 6.61 Å². The molecule has 0 fully saturated rings. The number of nitrogens with zero attached hydrogens (tertiary/aromatic N) is 1. The molecule has 2 aromatic carbocycles. The number of ether oxygens (including phenoxy) is 2. The summed E-state index contributed by atoms with van der Waals surface area (Å²) in [6, 6.07) is 6.88. The van der Waals surface area contributed by atoms with E-state index in [0.717, 1.165) is 23.2 Å². The first-order chi connectivity index (χ1) is 16.4. The molecule has 0 amide bonds. The monoisotopic (exact) mass is 526 g/mol. The van der Waals surface area contributed by atoms with Crippen LogP contribution in [0.1, 0.15) is 30.0 Å². The van der Waals surface area contributed by atoms with Crippen molar-refractivity contribution in [1.82, 2.24) is 4.98 Å². The zero-order valence-corrected chi connectivity index (χ0v) is 20.5. The van der Waals surface area contributed by atoms with Gasteiger partial charge in [-0.1, -0.05) is 11.8 Å². The number of esters is 1. The maximum Gasteiger partial charge on any atom is 0.416 e. The molecule has 1 unspecified atom stereocenters. The Morgan fingerprint density at radius 1 is 1.23 bits per heavy atom. The summed E-state index contributed by atoms with van der Waals surface area (Å²) in [6.45, 7) is 4.76. The zero-order valence-electron chi connectivity index (χ0n) is 18.9. The summed E-state index contributed by atoms with van der Waals surface area (Å²) < 4.78 is 78.6. The van der Waals surface area contributed by atoms with E-state index in [-0.39, 0.29) is 29.4 Å². The van der Waals surface area contributed by atoms with Crippen LogP contribution in [0.3, 0.4) is 0 Å². The van der Waals surface area contributed by atoms with E-state index in [1.165, 1.54) is 30.4 Å². The van der Waals surface area contributed by atoms with Gasteiger partial charge in [0, 0.05) is 5.56 Å². The van der Waals surface area contributed by atoms with Crippen molar-refractivity contribution in [3.63, 3.8) is 0 Å². The standard InChI is InChI=1S/C23H21F3N2O5S2/c1-4-32-22(29)14(2)33-11-5-6-16-12-17(23(24,25)26)7-9-19(16)28-35(30,31)18-8-10-20-21(13-18)34-15(3)27-20/h7-10,12-14,28H,4,11H2,1-3H3. The van der Waals surface area contributed by atoms with Gasteiger partial charge >= 0.3 is 12.1 Å². The van der Waals surface area contributed by atoms with Crippen molar-refractivity contribution in [1.29, 1.82) is 0 Å². The van der Waals surface area contributed by atoms with Crippen LogP contribution in [-0.4, -0.2) is 38.7 Å². The second-order valence-electron chi connectivity index (χ2n) is 7.23. The predicted octanol–water partition coefficient (Wildman–Crippen LogP) is 4.74. The first-order valence-corrected chi connectivity index (χ1v) is 12.6. The molecule has 0 aliphatic heterocycles. The van der Waals surface area contributed by atoms with Crippen LogP contribution in [0.4, 0.5) is 18.9 Å². The minimum atomic E-state index is -4.65. The molecule has 0 saturated heterocycles. The highest BCUT2D eigenvalue weighted by Gasteiger charge is 2.31. The highest BCUT2D eigenvalue weighted by Crippen LogP contribution is 2.32. The molecule has 7 nitrogen and oxygen atoms in total. The van der Waals surface area contributed by atoms with Crippen LogP contribution < -0.4 is 4.72 Å². The molecule has 1 atom stereocenters. The highest BCUT2D eigenvalue weighted by molar-refractivity contribution is 7.92. The average molecular weight is 527 g/mol. The van der Waals surface area contributed by atoms with Crippen LogP contribution >= 0.6 is 11.3 Å². The molecule has 35 heavy (non-hydrogen) atoms. The molecule has 0 saturated carbocycles. The normalized spacial score (nSPS) is 12.6. The Bertz CT molecular complexity index is 1410. The summed E-state index contributed by atoms with van der Waals surface area (Å²) in [4.78, 5) is 15.8. The number of carbonyl (C=O) groups is 1. The molecular weight excluding hydrogens is 505 g/mol. The Hall–Kier alpha value is -3.14. The maximum absolute atomic E-state index is 13.2. The SMILES string of the molecule is CCOC(=O)C(C)OCC#Cc1cc(C(F)(F)F)ccc1NS(=O)(=O)c1ccc2nc(C)sc2c1. The van der Waals surface area contributed by atoms with Gasteiger partial charge in [-0.2, -0.15) is 13.2 Å². The number of rotatable bonds is 7. The van der Waals surface area contributed by atoms with Gasteiger partial charge < -0.3 is 9.47 Å². The number of alkyl halides is 3. The van der Waals surface area contributed by atoms with Crippen molar-refractivity contribution < 1.29 is 35.9 Å². The summed E-state index contributed by atoms with van der Waals surface area (Å²) >= 11 is 1.32. The van der Waals surface area contributed by atoms with Crippen LogP contribution in [0.5, 0.6) is 0 Å². The minimum Gasteiger partial charge on any atom is -0.464 e. The Kier molecular flexibility index (Phi) is 8.04. The van der Waals surface area contributed by atoms with Crippen molar-refractivity contribution in [2.24, 2.45) is 0 Å². The van der Waals surface area contributed by atoms with Gasteiger partial charge in [0.2, 0.25) is 0 Å². The van der Waals surface area contributed by atoms with Crippen molar-refractivity contribution in [2.45, 2.75) is 37.9 Å². The van der Waals surface area contributed by atoms with Crippen LogP contribution in [0.15, 0.2) is 41.3 Å².